The lowest BCUT2D eigenvalue weighted by Gasteiger charge is -2.18. The molecule has 0 atom stereocenters. The number of nitrogens with two attached hydrogens (primary N) is 1. The van der Waals surface area contributed by atoms with Gasteiger partial charge in [-0.1, -0.05) is 0 Å². The molecule has 0 aliphatic heterocycles. The number of methoxy groups -OCH3 is 1. The van der Waals surface area contributed by atoms with Crippen molar-refractivity contribution in [1.82, 2.24) is 0 Å². The third-order valence-electron chi connectivity index (χ3n) is 2.01. The largest absolute Gasteiger partial charge is 0.495 e. The Balaban J connectivity index is 3.25. The topological polar surface area (TPSA) is 38.5 Å². The van der Waals surface area contributed by atoms with Crippen molar-refractivity contribution in [2.45, 2.75) is 4.90 Å². The molecule has 14 heavy (non-hydrogen) atoms. The fourth-order valence-electron chi connectivity index (χ4n) is 1.25. The quantitative estimate of drug-likeness (QED) is 0.615. The molecule has 4 heteroatoms. The van der Waals surface area contributed by atoms with Crippen LogP contribution in [0.25, 0.3) is 0 Å². The Labute approximate surface area is 89.2 Å². The van der Waals surface area contributed by atoms with Crippen LogP contribution in [0.15, 0.2) is 17.0 Å². The Morgan fingerprint density at radius 1 is 1.36 bits per heavy atom. The van der Waals surface area contributed by atoms with Gasteiger partial charge in [0.25, 0.3) is 0 Å². The predicted molar refractivity (Wildman–Crippen MR) is 63.5 cm³/mol. The number of ether oxygens (including phenoxy) is 1. The van der Waals surface area contributed by atoms with E-state index < -0.39 is 0 Å². The van der Waals surface area contributed by atoms with E-state index in [9.17, 15) is 0 Å². The van der Waals surface area contributed by atoms with Gasteiger partial charge in [-0.15, -0.1) is 11.8 Å². The summed E-state index contributed by atoms with van der Waals surface area (Å²) in [6, 6.07) is 3.90. The minimum atomic E-state index is 0.764. The highest BCUT2D eigenvalue weighted by atomic mass is 32.2. The van der Waals surface area contributed by atoms with Crippen molar-refractivity contribution in [3.05, 3.63) is 12.1 Å². The van der Waals surface area contributed by atoms with Crippen molar-refractivity contribution in [2.75, 3.05) is 38.1 Å². The minimum absolute atomic E-state index is 0.764. The van der Waals surface area contributed by atoms with Gasteiger partial charge < -0.3 is 15.4 Å². The van der Waals surface area contributed by atoms with Crippen molar-refractivity contribution >= 4 is 23.1 Å². The number of nitrogens with zero attached hydrogens (tertiary/aromatic N) is 1. The van der Waals surface area contributed by atoms with Gasteiger partial charge in [-0.05, 0) is 12.3 Å². The Kier molecular flexibility index (Phi) is 3.52. The maximum atomic E-state index is 5.86. The third-order valence-corrected chi connectivity index (χ3v) is 2.81. The summed E-state index contributed by atoms with van der Waals surface area (Å²) in [5, 5.41) is 0. The highest BCUT2D eigenvalue weighted by Gasteiger charge is 2.09. The molecule has 0 bridgehead atoms. The zero-order valence-electron chi connectivity index (χ0n) is 9.00. The summed E-state index contributed by atoms with van der Waals surface area (Å²) < 4.78 is 5.26. The van der Waals surface area contributed by atoms with E-state index in [0.29, 0.717) is 0 Å². The Morgan fingerprint density at radius 2 is 2.00 bits per heavy atom. The smallest absolute Gasteiger partial charge is 0.144 e. The monoisotopic (exact) mass is 212 g/mol. The van der Waals surface area contributed by atoms with E-state index in [1.807, 2.05) is 37.4 Å². The van der Waals surface area contributed by atoms with Crippen LogP contribution in [0.4, 0.5) is 11.4 Å². The van der Waals surface area contributed by atoms with Crippen LogP contribution >= 0.6 is 11.8 Å². The number of anilines is 2. The molecule has 0 aliphatic carbocycles. The van der Waals surface area contributed by atoms with Crippen LogP contribution in [0, 0.1) is 0 Å². The molecule has 0 saturated heterocycles. The lowest BCUT2D eigenvalue weighted by molar-refractivity contribution is 0.415. The first-order chi connectivity index (χ1) is 6.60. The fraction of sp³-hybridized carbons (Fsp3) is 0.400. The van der Waals surface area contributed by atoms with Crippen molar-refractivity contribution in [3.8, 4) is 5.75 Å². The molecule has 2 N–H and O–H groups in total. The molecule has 1 rings (SSSR count). The van der Waals surface area contributed by atoms with Gasteiger partial charge in [0.05, 0.1) is 12.8 Å². The SMILES string of the molecule is COc1cc(N)c(SC)cc1N(C)C. The predicted octanol–water partition coefficient (Wildman–Crippen LogP) is 2.07. The van der Waals surface area contributed by atoms with Crippen molar-refractivity contribution in [3.63, 3.8) is 0 Å². The molecule has 0 radical (unpaired) electrons. The molecule has 0 heterocycles. The molecule has 78 valence electrons. The van der Waals surface area contributed by atoms with Crippen molar-refractivity contribution in [2.24, 2.45) is 0 Å². The van der Waals surface area contributed by atoms with Gasteiger partial charge in [-0.3, -0.25) is 0 Å². The summed E-state index contributed by atoms with van der Waals surface area (Å²) in [4.78, 5) is 3.09. The van der Waals surface area contributed by atoms with E-state index >= 15 is 0 Å². The lowest BCUT2D eigenvalue weighted by atomic mass is 10.2. The van der Waals surface area contributed by atoms with E-state index in [1.54, 1.807) is 18.9 Å². The Morgan fingerprint density at radius 3 is 2.43 bits per heavy atom. The van der Waals surface area contributed by atoms with Crippen molar-refractivity contribution < 1.29 is 4.74 Å². The molecular weight excluding hydrogens is 196 g/mol. The van der Waals surface area contributed by atoms with E-state index in [2.05, 4.69) is 0 Å². The van der Waals surface area contributed by atoms with E-state index in [0.717, 1.165) is 22.0 Å². The van der Waals surface area contributed by atoms with Crippen LogP contribution in [-0.2, 0) is 0 Å². The molecule has 3 nitrogen and oxygen atoms in total. The van der Waals surface area contributed by atoms with Crippen LogP contribution in [0.5, 0.6) is 5.75 Å². The number of hydrogen-bond donors (Lipinski definition) is 1. The maximum absolute atomic E-state index is 5.86. The van der Waals surface area contributed by atoms with E-state index in [1.165, 1.54) is 0 Å². The van der Waals surface area contributed by atoms with Crippen LogP contribution < -0.4 is 15.4 Å². The molecule has 0 saturated carbocycles. The summed E-state index contributed by atoms with van der Waals surface area (Å²) >= 11 is 1.64. The van der Waals surface area contributed by atoms with Gasteiger partial charge in [0.1, 0.15) is 5.75 Å². The molecule has 0 aromatic heterocycles. The van der Waals surface area contributed by atoms with Gasteiger partial charge in [0, 0.05) is 30.7 Å². The first-order valence-corrected chi connectivity index (χ1v) is 5.51. The molecule has 0 amide bonds. The molecule has 0 aliphatic rings. The average molecular weight is 212 g/mol. The number of benzene rings is 1. The van der Waals surface area contributed by atoms with Gasteiger partial charge in [-0.2, -0.15) is 0 Å². The highest BCUT2D eigenvalue weighted by molar-refractivity contribution is 7.98. The van der Waals surface area contributed by atoms with Gasteiger partial charge in [-0.25, -0.2) is 0 Å². The normalized spacial score (nSPS) is 10.0. The molecule has 1 aromatic rings. The molecule has 1 aromatic carbocycles. The second-order valence-corrected chi connectivity index (χ2v) is 4.01. The third kappa shape index (κ3) is 2.07. The van der Waals surface area contributed by atoms with E-state index in [-0.39, 0.29) is 0 Å². The fourth-order valence-corrected chi connectivity index (χ4v) is 1.78. The zero-order valence-corrected chi connectivity index (χ0v) is 9.81. The summed E-state index contributed by atoms with van der Waals surface area (Å²) in [6.45, 7) is 0. The summed E-state index contributed by atoms with van der Waals surface area (Å²) in [7, 11) is 5.62. The summed E-state index contributed by atoms with van der Waals surface area (Å²) in [5.41, 5.74) is 7.67. The molecular formula is C10H16N2OS. The second-order valence-electron chi connectivity index (χ2n) is 3.16. The van der Waals surface area contributed by atoms with Crippen LogP contribution in [0.3, 0.4) is 0 Å². The first kappa shape index (κ1) is 11.0. The highest BCUT2D eigenvalue weighted by Crippen LogP contribution is 2.35. The van der Waals surface area contributed by atoms with Gasteiger partial charge in [0.2, 0.25) is 0 Å². The standard InChI is InChI=1S/C10H16N2OS/c1-12(2)8-6-10(14-4)7(11)5-9(8)13-3/h5-6H,11H2,1-4H3. The number of thioether (sulfide) groups is 1. The van der Waals surface area contributed by atoms with Crippen LogP contribution in [-0.4, -0.2) is 27.5 Å². The van der Waals surface area contributed by atoms with Gasteiger partial charge in [0.15, 0.2) is 0 Å². The summed E-state index contributed by atoms with van der Waals surface area (Å²) in [6.07, 6.45) is 2.01. The average Bonchev–Trinajstić information content (AvgIpc) is 2.16. The Hall–Kier alpha value is -1.03. The zero-order chi connectivity index (χ0) is 10.7. The number of hydrogen-bond acceptors (Lipinski definition) is 4. The Bertz CT molecular complexity index is 326. The molecule has 0 fully saturated rings. The number of nitrogen functional groups attached to an aromatic ring is 1. The first-order valence-electron chi connectivity index (χ1n) is 4.29. The van der Waals surface area contributed by atoms with Crippen molar-refractivity contribution in [1.29, 1.82) is 0 Å². The van der Waals surface area contributed by atoms with Crippen LogP contribution in [0.2, 0.25) is 0 Å². The maximum Gasteiger partial charge on any atom is 0.144 e. The van der Waals surface area contributed by atoms with Crippen LogP contribution in [0.1, 0.15) is 0 Å². The summed E-state index contributed by atoms with van der Waals surface area (Å²) in [5.74, 6) is 0.810. The van der Waals surface area contributed by atoms with Gasteiger partial charge >= 0.3 is 0 Å². The van der Waals surface area contributed by atoms with E-state index in [4.69, 9.17) is 10.5 Å². The minimum Gasteiger partial charge on any atom is -0.495 e. The lowest BCUT2D eigenvalue weighted by Crippen LogP contribution is -2.10. The number of rotatable bonds is 3. The molecule has 0 spiro atoms. The second kappa shape index (κ2) is 4.46. The molecule has 0 unspecified atom stereocenters.